The second kappa shape index (κ2) is 3.17. The lowest BCUT2D eigenvalue weighted by Gasteiger charge is -1.97. The van der Waals surface area contributed by atoms with Gasteiger partial charge in [-0.15, -0.1) is 0 Å². The molecule has 1 aromatic heterocycles. The van der Waals surface area contributed by atoms with Gasteiger partial charge in [0.05, 0.1) is 0 Å². The first-order valence-corrected chi connectivity index (χ1v) is 3.51. The number of aromatic nitrogens is 1. The van der Waals surface area contributed by atoms with Gasteiger partial charge in [-0.25, -0.2) is 9.36 Å². The number of carbonyl (C=O) groups is 1. The van der Waals surface area contributed by atoms with E-state index in [0.717, 1.165) is 0 Å². The largest absolute Gasteiger partial charge is 0.477 e. The Bertz CT molecular complexity index is 331. The van der Waals surface area contributed by atoms with Crippen molar-refractivity contribution in [2.75, 3.05) is 0 Å². The second-order valence-corrected chi connectivity index (χ2v) is 2.43. The van der Waals surface area contributed by atoms with Gasteiger partial charge in [0.15, 0.2) is 6.20 Å². The molecule has 1 heterocycles. The molecule has 0 aliphatic carbocycles. The first kappa shape index (κ1) is 8.46. The van der Waals surface area contributed by atoms with Gasteiger partial charge in [0.25, 0.3) is 0 Å². The molecule has 12 heavy (non-hydrogen) atoms. The van der Waals surface area contributed by atoms with Gasteiger partial charge in [-0.05, 0) is 6.07 Å². The summed E-state index contributed by atoms with van der Waals surface area (Å²) in [7, 11) is 1.78. The zero-order chi connectivity index (χ0) is 9.14. The molecule has 0 bridgehead atoms. The van der Waals surface area contributed by atoms with Crippen molar-refractivity contribution in [3.05, 3.63) is 36.2 Å². The number of nitrogens with zero attached hydrogens (tertiary/aromatic N) is 1. The van der Waals surface area contributed by atoms with Crippen LogP contribution in [0.15, 0.2) is 24.9 Å². The predicted octanol–water partition coefficient (Wildman–Crippen LogP) is 0.852. The zero-order valence-electron chi connectivity index (χ0n) is 6.82. The topological polar surface area (TPSA) is 41.2 Å². The zero-order valence-corrected chi connectivity index (χ0v) is 6.82. The smallest absolute Gasteiger partial charge is 0.342 e. The lowest BCUT2D eigenvalue weighted by molar-refractivity contribution is -0.673. The standard InChI is InChI=1S/C9H9NO2/c1-3-8-7(9(11)12)5-4-6-10(8)2/h3-6H,1H2,2H3/p+1. The molecule has 3 nitrogen and oxygen atoms in total. The molecule has 0 amide bonds. The lowest BCUT2D eigenvalue weighted by atomic mass is 10.2. The molecule has 0 atom stereocenters. The van der Waals surface area contributed by atoms with Crippen molar-refractivity contribution in [2.24, 2.45) is 7.05 Å². The van der Waals surface area contributed by atoms with E-state index < -0.39 is 5.97 Å². The van der Waals surface area contributed by atoms with E-state index >= 15 is 0 Å². The Hall–Kier alpha value is -1.64. The highest BCUT2D eigenvalue weighted by Crippen LogP contribution is 2.03. The number of hydrogen-bond donors (Lipinski definition) is 1. The molecule has 0 aliphatic rings. The van der Waals surface area contributed by atoms with Crippen LogP contribution in [0, 0.1) is 0 Å². The molecule has 0 saturated carbocycles. The summed E-state index contributed by atoms with van der Waals surface area (Å²) in [5, 5.41) is 8.76. The van der Waals surface area contributed by atoms with E-state index in [1.54, 1.807) is 29.9 Å². The fourth-order valence-corrected chi connectivity index (χ4v) is 1.06. The summed E-state index contributed by atoms with van der Waals surface area (Å²) in [6.07, 6.45) is 3.31. The summed E-state index contributed by atoms with van der Waals surface area (Å²) in [5.41, 5.74) is 0.889. The van der Waals surface area contributed by atoms with Crippen molar-refractivity contribution in [1.29, 1.82) is 0 Å². The fourth-order valence-electron chi connectivity index (χ4n) is 1.06. The molecule has 62 valence electrons. The predicted molar refractivity (Wildman–Crippen MR) is 44.7 cm³/mol. The van der Waals surface area contributed by atoms with Crippen LogP contribution in [0.25, 0.3) is 6.08 Å². The van der Waals surface area contributed by atoms with E-state index in [0.29, 0.717) is 5.69 Å². The number of carboxylic acids is 1. The van der Waals surface area contributed by atoms with Crippen LogP contribution in [-0.4, -0.2) is 11.1 Å². The van der Waals surface area contributed by atoms with Crippen molar-refractivity contribution in [3.63, 3.8) is 0 Å². The molecule has 1 N–H and O–H groups in total. The van der Waals surface area contributed by atoms with Crippen molar-refractivity contribution < 1.29 is 14.5 Å². The molecular weight excluding hydrogens is 154 g/mol. The SMILES string of the molecule is C=Cc1c(C(=O)O)ccc[n+]1C. The van der Waals surface area contributed by atoms with Crippen LogP contribution in [0.2, 0.25) is 0 Å². The number of aryl methyl sites for hydroxylation is 1. The third-order valence-electron chi connectivity index (χ3n) is 1.65. The fraction of sp³-hybridized carbons (Fsp3) is 0.111. The molecule has 0 spiro atoms. The summed E-state index contributed by atoms with van der Waals surface area (Å²) < 4.78 is 1.72. The van der Waals surface area contributed by atoms with Crippen molar-refractivity contribution in [1.82, 2.24) is 0 Å². The third kappa shape index (κ3) is 1.34. The van der Waals surface area contributed by atoms with Crippen LogP contribution in [0.4, 0.5) is 0 Å². The van der Waals surface area contributed by atoms with Gasteiger partial charge in [-0.1, -0.05) is 6.58 Å². The molecular formula is C9H10NO2+. The number of carboxylic acid groups (broad SMARTS) is 1. The first-order valence-electron chi connectivity index (χ1n) is 3.51. The first-order chi connectivity index (χ1) is 5.66. The van der Waals surface area contributed by atoms with E-state index in [2.05, 4.69) is 6.58 Å². The van der Waals surface area contributed by atoms with Crippen molar-refractivity contribution in [2.45, 2.75) is 0 Å². The van der Waals surface area contributed by atoms with Crippen LogP contribution in [0.1, 0.15) is 16.1 Å². The lowest BCUT2D eigenvalue weighted by Crippen LogP contribution is -2.33. The number of hydrogen-bond acceptors (Lipinski definition) is 1. The Morgan fingerprint density at radius 1 is 1.75 bits per heavy atom. The van der Waals surface area contributed by atoms with Crippen LogP contribution < -0.4 is 4.57 Å². The summed E-state index contributed by atoms with van der Waals surface area (Å²) >= 11 is 0. The molecule has 0 aromatic carbocycles. The van der Waals surface area contributed by atoms with Crippen molar-refractivity contribution >= 4 is 12.0 Å². The molecule has 1 rings (SSSR count). The summed E-state index contributed by atoms with van der Waals surface area (Å²) in [5.74, 6) is -0.930. The second-order valence-electron chi connectivity index (χ2n) is 2.43. The molecule has 0 unspecified atom stereocenters. The van der Waals surface area contributed by atoms with Crippen molar-refractivity contribution in [3.8, 4) is 0 Å². The molecule has 0 aliphatic heterocycles. The monoisotopic (exact) mass is 164 g/mol. The maximum Gasteiger partial charge on any atom is 0.342 e. The van der Waals surface area contributed by atoms with Crippen LogP contribution in [0.3, 0.4) is 0 Å². The molecule has 1 aromatic rings. The van der Waals surface area contributed by atoms with E-state index in [4.69, 9.17) is 5.11 Å². The molecule has 0 radical (unpaired) electrons. The quantitative estimate of drug-likeness (QED) is 0.658. The average molecular weight is 164 g/mol. The average Bonchev–Trinajstić information content (AvgIpc) is 2.03. The molecule has 3 heteroatoms. The minimum Gasteiger partial charge on any atom is -0.477 e. The molecule has 0 saturated heterocycles. The van der Waals surface area contributed by atoms with Gasteiger partial charge >= 0.3 is 5.97 Å². The van der Waals surface area contributed by atoms with Gasteiger partial charge in [0.2, 0.25) is 5.69 Å². The highest BCUT2D eigenvalue weighted by Gasteiger charge is 2.14. The maximum atomic E-state index is 10.7. The Balaban J connectivity index is 3.37. The maximum absolute atomic E-state index is 10.7. The Morgan fingerprint density at radius 3 is 2.83 bits per heavy atom. The van der Waals surface area contributed by atoms with Gasteiger partial charge in [-0.2, -0.15) is 0 Å². The minimum atomic E-state index is -0.930. The summed E-state index contributed by atoms with van der Waals surface area (Å²) in [6.45, 7) is 3.55. The highest BCUT2D eigenvalue weighted by molar-refractivity contribution is 5.90. The van der Waals surface area contributed by atoms with E-state index in [9.17, 15) is 4.79 Å². The van der Waals surface area contributed by atoms with E-state index in [1.807, 2.05) is 0 Å². The summed E-state index contributed by atoms with van der Waals surface area (Å²) in [6, 6.07) is 3.25. The van der Waals surface area contributed by atoms with E-state index in [1.165, 1.54) is 6.08 Å². The Kier molecular flexibility index (Phi) is 2.24. The van der Waals surface area contributed by atoms with Crippen LogP contribution in [0.5, 0.6) is 0 Å². The van der Waals surface area contributed by atoms with Crippen LogP contribution >= 0.6 is 0 Å². The third-order valence-corrected chi connectivity index (χ3v) is 1.65. The summed E-state index contributed by atoms with van der Waals surface area (Å²) in [4.78, 5) is 10.7. The van der Waals surface area contributed by atoms with Crippen LogP contribution in [-0.2, 0) is 7.05 Å². The van der Waals surface area contributed by atoms with Gasteiger partial charge in [-0.3, -0.25) is 0 Å². The Labute approximate surface area is 70.6 Å². The van der Waals surface area contributed by atoms with Gasteiger partial charge < -0.3 is 5.11 Å². The number of pyridine rings is 1. The number of rotatable bonds is 2. The minimum absolute atomic E-state index is 0.273. The van der Waals surface area contributed by atoms with Gasteiger partial charge in [0.1, 0.15) is 12.6 Å². The van der Waals surface area contributed by atoms with E-state index in [-0.39, 0.29) is 5.56 Å². The normalized spacial score (nSPS) is 9.42. The van der Waals surface area contributed by atoms with Gasteiger partial charge in [0, 0.05) is 12.1 Å². The Morgan fingerprint density at radius 2 is 2.42 bits per heavy atom. The highest BCUT2D eigenvalue weighted by atomic mass is 16.4. The molecule has 0 fully saturated rings. The number of aromatic carboxylic acids is 1.